The lowest BCUT2D eigenvalue weighted by Crippen LogP contribution is -2.52. The summed E-state index contributed by atoms with van der Waals surface area (Å²) >= 11 is 0. The zero-order chi connectivity index (χ0) is 32.6. The number of rotatable bonds is 5. The van der Waals surface area contributed by atoms with Crippen molar-refractivity contribution >= 4 is 21.3 Å². The van der Waals surface area contributed by atoms with Gasteiger partial charge in [0.15, 0.2) is 15.7 Å². The predicted octanol–water partition coefficient (Wildman–Crippen LogP) is 3.91. The molecule has 2 aromatic rings. The van der Waals surface area contributed by atoms with Crippen molar-refractivity contribution in [2.75, 3.05) is 43.4 Å². The van der Waals surface area contributed by atoms with Crippen LogP contribution in [0.3, 0.4) is 0 Å². The lowest BCUT2D eigenvalue weighted by atomic mass is 9.93. The molecule has 3 N–H and O–H groups in total. The minimum absolute atomic E-state index is 0.0260. The number of halogens is 4. The van der Waals surface area contributed by atoms with Crippen LogP contribution in [-0.2, 0) is 28.2 Å². The van der Waals surface area contributed by atoms with Crippen molar-refractivity contribution in [1.82, 2.24) is 20.2 Å². The van der Waals surface area contributed by atoms with Crippen molar-refractivity contribution in [2.45, 2.75) is 80.3 Å². The fourth-order valence-corrected chi connectivity index (χ4v) is 10.1. The fourth-order valence-electron chi connectivity index (χ4n) is 8.18. The number of hydrogen-bond donors (Lipinski definition) is 2. The molecule has 0 spiro atoms. The molecule has 0 saturated carbocycles. The number of ether oxygens (including phenoxy) is 1. The summed E-state index contributed by atoms with van der Waals surface area (Å²) in [4.78, 5) is 13.7. The van der Waals surface area contributed by atoms with Crippen LogP contribution in [0.1, 0.15) is 72.2 Å². The topological polar surface area (TPSA) is 114 Å². The van der Waals surface area contributed by atoms with E-state index in [1.807, 2.05) is 4.90 Å². The molecule has 14 heteroatoms. The number of benzene rings is 1. The first-order valence-electron chi connectivity index (χ1n) is 15.6. The van der Waals surface area contributed by atoms with Crippen LogP contribution in [0.25, 0.3) is 0 Å². The third kappa shape index (κ3) is 5.30. The van der Waals surface area contributed by atoms with Gasteiger partial charge >= 0.3 is 12.2 Å². The second kappa shape index (κ2) is 11.1. The predicted molar refractivity (Wildman–Crippen MR) is 164 cm³/mol. The van der Waals surface area contributed by atoms with E-state index in [4.69, 9.17) is 15.5 Å². The van der Waals surface area contributed by atoms with E-state index < -0.39 is 61.6 Å². The third-order valence-electron chi connectivity index (χ3n) is 10.1. The summed E-state index contributed by atoms with van der Waals surface area (Å²) < 4.78 is 93.5. The quantitative estimate of drug-likeness (QED) is 0.213. The van der Waals surface area contributed by atoms with Crippen molar-refractivity contribution in [1.29, 1.82) is 0 Å². The minimum atomic E-state index is -5.10. The van der Waals surface area contributed by atoms with Crippen LogP contribution in [0.4, 0.5) is 29.1 Å². The van der Waals surface area contributed by atoms with E-state index in [1.54, 1.807) is 0 Å². The van der Waals surface area contributed by atoms with Gasteiger partial charge in [-0.15, -0.1) is 5.92 Å². The van der Waals surface area contributed by atoms with Crippen LogP contribution in [-0.4, -0.2) is 73.7 Å². The van der Waals surface area contributed by atoms with Gasteiger partial charge in [-0.1, -0.05) is 18.1 Å². The number of alkyl halides is 3. The van der Waals surface area contributed by atoms with Gasteiger partial charge in [-0.2, -0.15) is 23.1 Å². The van der Waals surface area contributed by atoms with Crippen molar-refractivity contribution in [3.05, 3.63) is 52.0 Å². The smallest absolute Gasteiger partial charge is 0.418 e. The van der Waals surface area contributed by atoms with Gasteiger partial charge in [0.05, 0.1) is 33.5 Å². The van der Waals surface area contributed by atoms with Gasteiger partial charge in [0.1, 0.15) is 12.4 Å². The second-order valence-corrected chi connectivity index (χ2v) is 15.4. The number of nitrogens with two attached hydrogens (primary N) is 1. The highest BCUT2D eigenvalue weighted by molar-refractivity contribution is 7.91. The summed E-state index contributed by atoms with van der Waals surface area (Å²) in [5.41, 5.74) is 3.59. The van der Waals surface area contributed by atoms with Gasteiger partial charge in [-0.25, -0.2) is 12.8 Å². The van der Waals surface area contributed by atoms with E-state index in [2.05, 4.69) is 33.6 Å². The number of piperazine rings is 1. The Morgan fingerprint density at radius 2 is 1.98 bits per heavy atom. The highest BCUT2D eigenvalue weighted by atomic mass is 32.2. The van der Waals surface area contributed by atoms with Crippen molar-refractivity contribution in [3.63, 3.8) is 0 Å². The number of nitrogens with zero attached hydrogens (tertiary/aromatic N) is 4. The molecule has 246 valence electrons. The average molecular weight is 661 g/mol. The van der Waals surface area contributed by atoms with Crippen LogP contribution >= 0.6 is 0 Å². The number of fused-ring (bicyclic) bond motifs is 4. The molecule has 6 heterocycles. The molecular formula is C32H36F4N6O3S. The maximum Gasteiger partial charge on any atom is 0.418 e. The monoisotopic (exact) mass is 660 g/mol. The molecular weight excluding hydrogens is 624 g/mol. The Hall–Kier alpha value is -3.41. The number of anilines is 2. The summed E-state index contributed by atoms with van der Waals surface area (Å²) in [5, 5.41) is 1.65. The van der Waals surface area contributed by atoms with Gasteiger partial charge in [-0.05, 0) is 51.6 Å². The van der Waals surface area contributed by atoms with Crippen molar-refractivity contribution in [3.8, 4) is 17.9 Å². The lowest BCUT2D eigenvalue weighted by molar-refractivity contribution is -0.138. The van der Waals surface area contributed by atoms with Gasteiger partial charge < -0.3 is 20.7 Å². The Kier molecular flexibility index (Phi) is 7.53. The maximum absolute atomic E-state index is 15.7. The number of aromatic nitrogens is 2. The Bertz CT molecular complexity index is 1780. The Morgan fingerprint density at radius 3 is 2.67 bits per heavy atom. The largest absolute Gasteiger partial charge is 0.461 e. The maximum atomic E-state index is 15.7. The number of sulfone groups is 1. The molecule has 4 fully saturated rings. The van der Waals surface area contributed by atoms with E-state index >= 15 is 4.39 Å². The zero-order valence-electron chi connectivity index (χ0n) is 25.5. The van der Waals surface area contributed by atoms with Crippen LogP contribution in [0, 0.1) is 17.7 Å². The molecule has 0 aliphatic carbocycles. The number of nitrogens with one attached hydrogen (secondary N) is 1. The van der Waals surface area contributed by atoms with E-state index in [0.717, 1.165) is 56.8 Å². The molecule has 5 aliphatic heterocycles. The van der Waals surface area contributed by atoms with Crippen LogP contribution in [0.2, 0.25) is 0 Å². The van der Waals surface area contributed by atoms with Gasteiger partial charge in [0.2, 0.25) is 0 Å². The van der Waals surface area contributed by atoms with Gasteiger partial charge in [-0.3, -0.25) is 4.90 Å². The molecule has 7 rings (SSSR count). The molecule has 1 aromatic carbocycles. The van der Waals surface area contributed by atoms with Crippen molar-refractivity contribution < 1.29 is 30.7 Å². The highest BCUT2D eigenvalue weighted by Gasteiger charge is 2.48. The summed E-state index contributed by atoms with van der Waals surface area (Å²) in [7, 11) is -4.40. The van der Waals surface area contributed by atoms with Crippen molar-refractivity contribution in [2.24, 2.45) is 0 Å². The molecule has 4 atom stereocenters. The summed E-state index contributed by atoms with van der Waals surface area (Å²) in [6.45, 7) is 8.69. The zero-order valence-corrected chi connectivity index (χ0v) is 26.3. The summed E-state index contributed by atoms with van der Waals surface area (Å²) in [5.74, 6) is 3.06. The van der Waals surface area contributed by atoms with Crippen LogP contribution < -0.4 is 20.7 Å². The van der Waals surface area contributed by atoms with Gasteiger partial charge in [0, 0.05) is 54.8 Å². The Balaban J connectivity index is 1.33. The van der Waals surface area contributed by atoms with E-state index in [-0.39, 0.29) is 29.3 Å². The summed E-state index contributed by atoms with van der Waals surface area (Å²) in [6, 6.07) is 1.23. The first kappa shape index (κ1) is 31.2. The fraction of sp³-hybridized carbons (Fsp3) is 0.562. The molecule has 4 saturated heterocycles. The van der Waals surface area contributed by atoms with E-state index in [9.17, 15) is 21.6 Å². The van der Waals surface area contributed by atoms with Crippen LogP contribution in [0.5, 0.6) is 6.01 Å². The molecule has 1 aromatic heterocycles. The average Bonchev–Trinajstić information content (AvgIpc) is 3.62. The van der Waals surface area contributed by atoms with Crippen LogP contribution in [0.15, 0.2) is 18.2 Å². The standard InChI is InChI=1S/C32H36F4N6O3S/c1-3-5-19-10-23(37)28(33)26(27(19)32(34,35)36)25-11-24-22(16-46(25,43)44)29(41-14-20-6-7-21(15-41)38-20)40-30(39-24)45-17-31-8-4-9-42(31)13-18(2)12-31/h10,20-21,25,38H,2,4,6-9,11-17,37H2,1H3/t20?,21?,25-,31+/m1/s1. The molecule has 46 heavy (non-hydrogen) atoms. The van der Waals surface area contributed by atoms with E-state index in [1.165, 1.54) is 6.92 Å². The second-order valence-electron chi connectivity index (χ2n) is 13.3. The first-order chi connectivity index (χ1) is 21.8. The molecule has 0 radical (unpaired) electrons. The third-order valence-corrected chi connectivity index (χ3v) is 12.1. The summed E-state index contributed by atoms with van der Waals surface area (Å²) in [6.07, 6.45) is -0.932. The minimum Gasteiger partial charge on any atom is -0.461 e. The number of hydrogen-bond acceptors (Lipinski definition) is 9. The lowest BCUT2D eigenvalue weighted by Gasteiger charge is -2.37. The SMILES string of the molecule is C=C1CN2CCC[C@@]2(COc2nc3c(c(N4CC5CCC(C4)N5)n2)CS(=O)(=O)[C@@H](c2c(F)c(N)cc(C#CC)c2C(F)(F)F)C3)C1. The number of nitrogen functional groups attached to an aromatic ring is 1. The van der Waals surface area contributed by atoms with Gasteiger partial charge in [0.25, 0.3) is 0 Å². The highest BCUT2D eigenvalue weighted by Crippen LogP contribution is 2.47. The normalized spacial score (nSPS) is 28.5. The molecule has 2 bridgehead atoms. The first-order valence-corrected chi connectivity index (χ1v) is 17.3. The molecule has 9 nitrogen and oxygen atoms in total. The van der Waals surface area contributed by atoms with E-state index in [0.29, 0.717) is 31.1 Å². The molecule has 2 unspecified atom stereocenters. The molecule has 5 aliphatic rings. The Morgan fingerprint density at radius 1 is 1.24 bits per heavy atom. The Labute approximate surface area is 265 Å². The molecule has 0 amide bonds.